The van der Waals surface area contributed by atoms with Crippen LogP contribution >= 0.6 is 11.6 Å². The molecule has 0 fully saturated rings. The van der Waals surface area contributed by atoms with E-state index in [2.05, 4.69) is 25.6 Å². The van der Waals surface area contributed by atoms with Gasteiger partial charge in [-0.25, -0.2) is 9.78 Å². The van der Waals surface area contributed by atoms with Gasteiger partial charge in [0.1, 0.15) is 5.15 Å². The predicted molar refractivity (Wildman–Crippen MR) is 91.8 cm³/mol. The maximum Gasteiger partial charge on any atom is 0.328 e. The first kappa shape index (κ1) is 17.4. The monoisotopic (exact) mass is 376 g/mol. The smallest absolute Gasteiger partial charge is 0.328 e. The molecule has 0 aliphatic heterocycles. The van der Waals surface area contributed by atoms with Gasteiger partial charge in [-0.05, 0) is 12.1 Å². The van der Waals surface area contributed by atoms with E-state index in [-0.39, 0.29) is 28.4 Å². The van der Waals surface area contributed by atoms with E-state index in [9.17, 15) is 9.59 Å². The van der Waals surface area contributed by atoms with Crippen LogP contribution < -0.4 is 20.1 Å². The molecule has 0 unspecified atom stereocenters. The highest BCUT2D eigenvalue weighted by Gasteiger charge is 2.17. The van der Waals surface area contributed by atoms with E-state index in [1.54, 1.807) is 22.9 Å². The van der Waals surface area contributed by atoms with E-state index in [0.717, 1.165) is 0 Å². The van der Waals surface area contributed by atoms with Crippen LogP contribution in [0.3, 0.4) is 0 Å². The van der Waals surface area contributed by atoms with Crippen molar-refractivity contribution < 1.29 is 19.1 Å². The zero-order chi connectivity index (χ0) is 18.7. The van der Waals surface area contributed by atoms with Gasteiger partial charge in [0.25, 0.3) is 5.91 Å². The van der Waals surface area contributed by atoms with E-state index in [0.29, 0.717) is 5.65 Å². The van der Waals surface area contributed by atoms with Crippen molar-refractivity contribution in [3.05, 3.63) is 41.3 Å². The number of amides is 3. The van der Waals surface area contributed by atoms with E-state index in [1.807, 2.05) is 0 Å². The Balaban J connectivity index is 1.76. The maximum absolute atomic E-state index is 12.4. The molecule has 0 saturated heterocycles. The van der Waals surface area contributed by atoms with E-state index in [1.165, 1.54) is 26.4 Å². The molecule has 26 heavy (non-hydrogen) atoms. The molecule has 0 atom stereocenters. The van der Waals surface area contributed by atoms with E-state index < -0.39 is 11.9 Å². The number of anilines is 1. The van der Waals surface area contributed by atoms with Crippen molar-refractivity contribution in [2.75, 3.05) is 19.5 Å². The molecule has 0 aliphatic carbocycles. The SMILES string of the molecule is COc1cc(OC)nc(NC(=O)NC(=O)c2cccn3cc(Cl)nc23)n1. The molecule has 134 valence electrons. The average molecular weight is 377 g/mol. The third-order valence-corrected chi connectivity index (χ3v) is 3.43. The van der Waals surface area contributed by atoms with Gasteiger partial charge in [0.05, 0.1) is 25.8 Å². The number of imidazole rings is 1. The van der Waals surface area contributed by atoms with Crippen LogP contribution in [-0.4, -0.2) is 45.5 Å². The number of methoxy groups -OCH3 is 2. The Labute approximate surface area is 152 Å². The molecule has 11 heteroatoms. The number of pyridine rings is 1. The normalized spacial score (nSPS) is 10.4. The van der Waals surface area contributed by atoms with Crippen molar-refractivity contribution in [3.8, 4) is 11.8 Å². The molecule has 3 amide bonds. The van der Waals surface area contributed by atoms with Crippen molar-refractivity contribution in [3.63, 3.8) is 0 Å². The van der Waals surface area contributed by atoms with Crippen molar-refractivity contribution in [1.82, 2.24) is 24.7 Å². The molecule has 3 heterocycles. The topological polar surface area (TPSA) is 120 Å². The predicted octanol–water partition coefficient (Wildman–Crippen LogP) is 1.76. The van der Waals surface area contributed by atoms with Gasteiger partial charge in [-0.2, -0.15) is 9.97 Å². The van der Waals surface area contributed by atoms with Crippen LogP contribution in [0.2, 0.25) is 5.15 Å². The summed E-state index contributed by atoms with van der Waals surface area (Å²) in [7, 11) is 2.82. The average Bonchev–Trinajstić information content (AvgIpc) is 3.00. The quantitative estimate of drug-likeness (QED) is 0.711. The van der Waals surface area contributed by atoms with Gasteiger partial charge in [-0.3, -0.25) is 15.4 Å². The Morgan fingerprint density at radius 1 is 1.15 bits per heavy atom. The minimum Gasteiger partial charge on any atom is -0.481 e. The Morgan fingerprint density at radius 2 is 1.85 bits per heavy atom. The molecule has 0 aromatic carbocycles. The van der Waals surface area contributed by atoms with Crippen LogP contribution in [-0.2, 0) is 0 Å². The number of imide groups is 1. The molecule has 0 aliphatic rings. The van der Waals surface area contributed by atoms with Crippen LogP contribution in [0.15, 0.2) is 30.6 Å². The minimum absolute atomic E-state index is 0.0893. The summed E-state index contributed by atoms with van der Waals surface area (Å²) in [5.74, 6) is -0.371. The second-order valence-electron chi connectivity index (χ2n) is 4.90. The summed E-state index contributed by atoms with van der Waals surface area (Å²) < 4.78 is 11.5. The summed E-state index contributed by atoms with van der Waals surface area (Å²) in [6.07, 6.45) is 3.23. The third-order valence-electron chi connectivity index (χ3n) is 3.25. The zero-order valence-corrected chi connectivity index (χ0v) is 14.4. The highest BCUT2D eigenvalue weighted by molar-refractivity contribution is 6.29. The van der Waals surface area contributed by atoms with Crippen LogP contribution in [0.4, 0.5) is 10.7 Å². The molecule has 10 nitrogen and oxygen atoms in total. The van der Waals surface area contributed by atoms with Gasteiger partial charge in [0.2, 0.25) is 17.7 Å². The molecule has 0 bridgehead atoms. The van der Waals surface area contributed by atoms with Gasteiger partial charge >= 0.3 is 6.03 Å². The van der Waals surface area contributed by atoms with Crippen LogP contribution in [0.1, 0.15) is 10.4 Å². The number of urea groups is 1. The fraction of sp³-hybridized carbons (Fsp3) is 0.133. The number of halogens is 1. The number of aromatic nitrogens is 4. The van der Waals surface area contributed by atoms with Crippen LogP contribution in [0.5, 0.6) is 11.8 Å². The Bertz CT molecular complexity index is 967. The number of hydrogen-bond donors (Lipinski definition) is 2. The van der Waals surface area contributed by atoms with E-state index >= 15 is 0 Å². The fourth-order valence-electron chi connectivity index (χ4n) is 2.13. The Hall–Kier alpha value is -3.40. The first-order chi connectivity index (χ1) is 12.5. The largest absolute Gasteiger partial charge is 0.481 e. The van der Waals surface area contributed by atoms with Gasteiger partial charge in [0, 0.05) is 12.4 Å². The molecule has 3 aromatic rings. The molecular weight excluding hydrogens is 364 g/mol. The third kappa shape index (κ3) is 3.64. The second-order valence-corrected chi connectivity index (χ2v) is 5.29. The lowest BCUT2D eigenvalue weighted by atomic mass is 10.2. The summed E-state index contributed by atoms with van der Waals surface area (Å²) in [6.45, 7) is 0. The van der Waals surface area contributed by atoms with Crippen molar-refractivity contribution >= 4 is 35.1 Å². The summed E-state index contributed by atoms with van der Waals surface area (Å²) >= 11 is 5.85. The standard InChI is InChI=1S/C15H13ClN6O4/c1-25-10-6-11(26-2)19-14(18-10)21-15(24)20-13(23)8-4-3-5-22-7-9(16)17-12(8)22/h3-7H,1-2H3,(H2,18,19,20,21,23,24). The lowest BCUT2D eigenvalue weighted by Gasteiger charge is -2.08. The fourth-order valence-corrected chi connectivity index (χ4v) is 2.32. The molecule has 0 saturated carbocycles. The Kier molecular flexibility index (Phi) is 4.85. The van der Waals surface area contributed by atoms with Gasteiger partial charge in [-0.1, -0.05) is 11.6 Å². The van der Waals surface area contributed by atoms with Crippen molar-refractivity contribution in [2.24, 2.45) is 0 Å². The van der Waals surface area contributed by atoms with Gasteiger partial charge in [0.15, 0.2) is 5.65 Å². The lowest BCUT2D eigenvalue weighted by molar-refractivity contribution is 0.0968. The number of ether oxygens (including phenoxy) is 2. The number of hydrogen-bond acceptors (Lipinski definition) is 7. The molecule has 3 aromatic heterocycles. The van der Waals surface area contributed by atoms with Crippen molar-refractivity contribution in [2.45, 2.75) is 0 Å². The summed E-state index contributed by atoms with van der Waals surface area (Å²) in [5.41, 5.74) is 0.501. The number of nitrogens with zero attached hydrogens (tertiary/aromatic N) is 4. The molecular formula is C15H13ClN6O4. The number of fused-ring (bicyclic) bond motifs is 1. The highest BCUT2D eigenvalue weighted by atomic mass is 35.5. The minimum atomic E-state index is -0.829. The van der Waals surface area contributed by atoms with Crippen LogP contribution in [0.25, 0.3) is 5.65 Å². The summed E-state index contributed by atoms with van der Waals surface area (Å²) in [4.78, 5) is 36.4. The number of nitrogens with one attached hydrogen (secondary N) is 2. The molecule has 3 rings (SSSR count). The highest BCUT2D eigenvalue weighted by Crippen LogP contribution is 2.17. The first-order valence-corrected chi connectivity index (χ1v) is 7.60. The maximum atomic E-state index is 12.4. The number of carbonyl (C=O) groups excluding carboxylic acids is 2. The zero-order valence-electron chi connectivity index (χ0n) is 13.7. The number of rotatable bonds is 4. The van der Waals surface area contributed by atoms with Gasteiger partial charge in [-0.15, -0.1) is 0 Å². The number of carbonyl (C=O) groups is 2. The molecule has 0 spiro atoms. The van der Waals surface area contributed by atoms with Gasteiger partial charge < -0.3 is 13.9 Å². The van der Waals surface area contributed by atoms with Crippen LogP contribution in [0, 0.1) is 0 Å². The molecule has 0 radical (unpaired) electrons. The van der Waals surface area contributed by atoms with E-state index in [4.69, 9.17) is 21.1 Å². The Morgan fingerprint density at radius 3 is 2.50 bits per heavy atom. The second kappa shape index (κ2) is 7.23. The summed E-state index contributed by atoms with van der Waals surface area (Å²) in [5, 5.41) is 4.74. The molecule has 2 N–H and O–H groups in total. The summed E-state index contributed by atoms with van der Waals surface area (Å²) in [6, 6.07) is 3.77. The first-order valence-electron chi connectivity index (χ1n) is 7.22. The lowest BCUT2D eigenvalue weighted by Crippen LogP contribution is -2.35. The van der Waals surface area contributed by atoms with Crippen molar-refractivity contribution in [1.29, 1.82) is 0 Å².